The summed E-state index contributed by atoms with van der Waals surface area (Å²) in [5, 5.41) is 14.9. The number of aromatic nitrogens is 3. The quantitative estimate of drug-likeness (QED) is 0.565. The molecule has 0 spiro atoms. The molecule has 1 atom stereocenters. The van der Waals surface area contributed by atoms with Gasteiger partial charge in [-0.3, -0.25) is 0 Å². The smallest absolute Gasteiger partial charge is 0.364 e. The minimum atomic E-state index is -1.23. The van der Waals surface area contributed by atoms with Crippen LogP contribution in [0.1, 0.15) is 11.7 Å². The number of nitrogens with zero attached hydrogens (tertiary/aromatic N) is 3. The first kappa shape index (κ1) is 18.7. The second kappa shape index (κ2) is 8.16. The van der Waals surface area contributed by atoms with E-state index in [0.717, 1.165) is 15.8 Å². The lowest BCUT2D eigenvalue weighted by molar-refractivity contribution is 0.144. The molecule has 6 heteroatoms. The first-order chi connectivity index (χ1) is 14.1. The van der Waals surface area contributed by atoms with Gasteiger partial charge in [0, 0.05) is 16.7 Å². The lowest BCUT2D eigenvalue weighted by Gasteiger charge is -2.15. The maximum absolute atomic E-state index is 14.0. The van der Waals surface area contributed by atoms with Crippen LogP contribution in [0, 0.1) is 5.82 Å². The van der Waals surface area contributed by atoms with Crippen molar-refractivity contribution in [1.82, 2.24) is 14.8 Å². The molecule has 1 heterocycles. The first-order valence-corrected chi connectivity index (χ1v) is 9.16. The molecule has 3 aromatic carbocycles. The minimum absolute atomic E-state index is 0.106. The van der Waals surface area contributed by atoms with Crippen LogP contribution in [0.15, 0.2) is 89.7 Å². The van der Waals surface area contributed by atoms with Crippen molar-refractivity contribution < 1.29 is 9.50 Å². The summed E-state index contributed by atoms with van der Waals surface area (Å²) in [6, 6.07) is 24.6. The number of aliphatic hydroxyl groups excluding tert-OH is 1. The maximum atomic E-state index is 14.0. The van der Waals surface area contributed by atoms with Crippen LogP contribution in [0.3, 0.4) is 0 Å². The highest BCUT2D eigenvalue weighted by Crippen LogP contribution is 2.27. The summed E-state index contributed by atoms with van der Waals surface area (Å²) in [6.45, 7) is -0.207. The van der Waals surface area contributed by atoms with Gasteiger partial charge in [0.1, 0.15) is 23.3 Å². The molecule has 0 aliphatic heterocycles. The lowest BCUT2D eigenvalue weighted by Crippen LogP contribution is -2.29. The summed E-state index contributed by atoms with van der Waals surface area (Å²) in [7, 11) is 0. The van der Waals surface area contributed by atoms with Crippen LogP contribution < -0.4 is 5.69 Å². The minimum Gasteiger partial charge on any atom is -0.386 e. The molecule has 0 aliphatic carbocycles. The van der Waals surface area contributed by atoms with E-state index >= 15 is 0 Å². The second-order valence-electron chi connectivity index (χ2n) is 6.54. The van der Waals surface area contributed by atoms with E-state index in [-0.39, 0.29) is 12.1 Å². The van der Waals surface area contributed by atoms with Gasteiger partial charge in [-0.1, -0.05) is 78.9 Å². The average molecular weight is 387 g/mol. The topological polar surface area (TPSA) is 68.0 Å². The van der Waals surface area contributed by atoms with Gasteiger partial charge in [-0.2, -0.15) is 10.1 Å². The van der Waals surface area contributed by atoms with Crippen LogP contribution >= 0.6 is 0 Å². The largest absolute Gasteiger partial charge is 0.386 e. The fourth-order valence-electron chi connectivity index (χ4n) is 3.13. The molecule has 29 heavy (non-hydrogen) atoms. The first-order valence-electron chi connectivity index (χ1n) is 9.16. The van der Waals surface area contributed by atoms with Gasteiger partial charge >= 0.3 is 5.69 Å². The average Bonchev–Trinajstić information content (AvgIpc) is 2.76. The Morgan fingerprint density at radius 2 is 1.38 bits per heavy atom. The number of hydrogen-bond acceptors (Lipinski definition) is 4. The molecule has 0 amide bonds. The number of halogens is 1. The lowest BCUT2D eigenvalue weighted by atomic mass is 10.0. The van der Waals surface area contributed by atoms with E-state index in [9.17, 15) is 14.3 Å². The summed E-state index contributed by atoms with van der Waals surface area (Å²) in [6.07, 6.45) is -1.23. The molecule has 0 fully saturated rings. The maximum Gasteiger partial charge on any atom is 0.364 e. The fraction of sp³-hybridized carbons (Fsp3) is 0.0870. The van der Waals surface area contributed by atoms with Crippen molar-refractivity contribution in [1.29, 1.82) is 0 Å². The summed E-state index contributed by atoms with van der Waals surface area (Å²) in [5.74, 6) is -0.537. The van der Waals surface area contributed by atoms with E-state index in [2.05, 4.69) is 10.1 Å². The zero-order valence-electron chi connectivity index (χ0n) is 15.4. The molecular formula is C23H18FN3O2. The van der Waals surface area contributed by atoms with Crippen molar-refractivity contribution in [2.75, 3.05) is 0 Å². The molecule has 0 aliphatic rings. The van der Waals surface area contributed by atoms with Crippen molar-refractivity contribution in [3.05, 3.63) is 107 Å². The molecule has 1 unspecified atom stereocenters. The highest BCUT2D eigenvalue weighted by molar-refractivity contribution is 5.77. The van der Waals surface area contributed by atoms with Crippen molar-refractivity contribution in [3.8, 4) is 22.5 Å². The molecule has 0 saturated carbocycles. The summed E-state index contributed by atoms with van der Waals surface area (Å²) in [5.41, 5.74) is 2.01. The Balaban J connectivity index is 1.80. The van der Waals surface area contributed by atoms with Gasteiger partial charge in [-0.05, 0) is 6.07 Å². The van der Waals surface area contributed by atoms with Gasteiger partial charge < -0.3 is 5.11 Å². The van der Waals surface area contributed by atoms with Gasteiger partial charge in [0.2, 0.25) is 0 Å². The van der Waals surface area contributed by atoms with Gasteiger partial charge in [0.05, 0.1) is 6.54 Å². The van der Waals surface area contributed by atoms with Gasteiger partial charge in [-0.25, -0.2) is 13.9 Å². The molecule has 4 rings (SSSR count). The van der Waals surface area contributed by atoms with E-state index in [1.807, 2.05) is 60.7 Å². The zero-order valence-corrected chi connectivity index (χ0v) is 15.4. The van der Waals surface area contributed by atoms with Crippen LogP contribution in [0.2, 0.25) is 0 Å². The highest BCUT2D eigenvalue weighted by Gasteiger charge is 2.18. The molecule has 0 radical (unpaired) electrons. The Morgan fingerprint density at radius 1 is 0.828 bits per heavy atom. The Hall–Kier alpha value is -3.64. The fourth-order valence-corrected chi connectivity index (χ4v) is 3.13. The van der Waals surface area contributed by atoms with Crippen molar-refractivity contribution >= 4 is 0 Å². The number of hydrogen-bond donors (Lipinski definition) is 1. The number of benzene rings is 3. The Morgan fingerprint density at radius 3 is 2.00 bits per heavy atom. The van der Waals surface area contributed by atoms with Gasteiger partial charge in [0.25, 0.3) is 0 Å². The van der Waals surface area contributed by atoms with E-state index in [1.165, 1.54) is 12.1 Å². The molecule has 144 valence electrons. The SMILES string of the molecule is O=c1nc(-c2ccccc2)c(-c2ccccc2)nn1CC(O)c1ccccc1F. The predicted molar refractivity (Wildman–Crippen MR) is 109 cm³/mol. The van der Waals surface area contributed by atoms with Crippen molar-refractivity contribution in [2.45, 2.75) is 12.6 Å². The highest BCUT2D eigenvalue weighted by atomic mass is 19.1. The third-order valence-electron chi connectivity index (χ3n) is 4.58. The monoisotopic (exact) mass is 387 g/mol. The van der Waals surface area contributed by atoms with Crippen LogP contribution in [-0.4, -0.2) is 19.9 Å². The third-order valence-corrected chi connectivity index (χ3v) is 4.58. The van der Waals surface area contributed by atoms with Crippen LogP contribution in [0.4, 0.5) is 4.39 Å². The summed E-state index contributed by atoms with van der Waals surface area (Å²) < 4.78 is 15.1. The van der Waals surface area contributed by atoms with Crippen molar-refractivity contribution in [2.24, 2.45) is 0 Å². The number of rotatable bonds is 5. The molecule has 5 nitrogen and oxygen atoms in total. The zero-order chi connectivity index (χ0) is 20.2. The molecule has 4 aromatic rings. The van der Waals surface area contributed by atoms with Gasteiger partial charge in [-0.15, -0.1) is 0 Å². The van der Waals surface area contributed by atoms with E-state index in [0.29, 0.717) is 11.4 Å². The van der Waals surface area contributed by atoms with Crippen LogP contribution in [-0.2, 0) is 6.54 Å². The van der Waals surface area contributed by atoms with Crippen LogP contribution in [0.25, 0.3) is 22.5 Å². The third kappa shape index (κ3) is 3.97. The van der Waals surface area contributed by atoms with Crippen molar-refractivity contribution in [3.63, 3.8) is 0 Å². The predicted octanol–water partition coefficient (Wildman–Crippen LogP) is 3.85. The summed E-state index contributed by atoms with van der Waals surface area (Å²) in [4.78, 5) is 16.9. The molecule has 0 saturated heterocycles. The Labute approximate surface area is 166 Å². The van der Waals surface area contributed by atoms with Crippen LogP contribution in [0.5, 0.6) is 0 Å². The van der Waals surface area contributed by atoms with E-state index < -0.39 is 17.6 Å². The normalized spacial score (nSPS) is 11.9. The summed E-state index contributed by atoms with van der Waals surface area (Å²) >= 11 is 0. The van der Waals surface area contributed by atoms with E-state index in [1.54, 1.807) is 12.1 Å². The molecule has 0 bridgehead atoms. The molecule has 1 aromatic heterocycles. The van der Waals surface area contributed by atoms with E-state index in [4.69, 9.17) is 0 Å². The second-order valence-corrected chi connectivity index (χ2v) is 6.54. The molecular weight excluding hydrogens is 369 g/mol. The Kier molecular flexibility index (Phi) is 5.27. The standard InChI is InChI=1S/C23H18FN3O2/c24-19-14-8-7-13-18(19)20(28)15-27-23(29)25-21(16-9-3-1-4-10-16)22(26-27)17-11-5-2-6-12-17/h1-14,20,28H,15H2. The number of aliphatic hydroxyl groups is 1. The Bertz CT molecular complexity index is 1180. The van der Waals surface area contributed by atoms with Gasteiger partial charge in [0.15, 0.2) is 0 Å². The molecule has 1 N–H and O–H groups in total.